The number of amides is 1. The van der Waals surface area contributed by atoms with Gasteiger partial charge in [0.15, 0.2) is 5.82 Å². The zero-order chi connectivity index (χ0) is 43.3. The molecule has 0 spiro atoms. The van der Waals surface area contributed by atoms with E-state index in [1.165, 1.54) is 6.07 Å². The molecule has 2 aromatic carbocycles. The van der Waals surface area contributed by atoms with Crippen LogP contribution in [0, 0.1) is 34.9 Å². The number of aromatic nitrogens is 3. The summed E-state index contributed by atoms with van der Waals surface area (Å²) in [7, 11) is -8.62. The van der Waals surface area contributed by atoms with Gasteiger partial charge in [-0.15, -0.1) is 5.54 Å². The number of carbonyl (C=O) groups excluding carboxylic acids is 1. The first-order valence-corrected chi connectivity index (χ1v) is 23.9. The molecule has 318 valence electrons. The van der Waals surface area contributed by atoms with Crippen LogP contribution in [-0.4, -0.2) is 66.4 Å². The average molecular weight is 859 g/mol. The number of piperidine rings is 1. The molecule has 1 saturated heterocycles. The lowest BCUT2D eigenvalue weighted by Crippen LogP contribution is -2.43. The van der Waals surface area contributed by atoms with Crippen molar-refractivity contribution in [3.63, 3.8) is 0 Å². The Kier molecular flexibility index (Phi) is 10.7. The predicted octanol–water partition coefficient (Wildman–Crippen LogP) is 10.8. The predicted molar refractivity (Wildman–Crippen MR) is 219 cm³/mol. The maximum Gasteiger partial charge on any atom is 0.534 e. The quantitative estimate of drug-likeness (QED) is 0.0543. The van der Waals surface area contributed by atoms with E-state index < -0.39 is 52.8 Å². The van der Waals surface area contributed by atoms with Crippen LogP contribution in [0.4, 0.5) is 26.7 Å². The fourth-order valence-corrected chi connectivity index (χ4v) is 15.2. The number of fused-ring (bicyclic) bond motifs is 3. The monoisotopic (exact) mass is 858 g/mol. The van der Waals surface area contributed by atoms with Crippen LogP contribution in [0.2, 0.25) is 16.6 Å². The molecule has 0 N–H and O–H groups in total. The molecule has 4 aromatic rings. The molecule has 3 heterocycles. The first-order valence-electron chi connectivity index (χ1n) is 20.3. The average Bonchev–Trinajstić information content (AvgIpc) is 4.00. The van der Waals surface area contributed by atoms with E-state index in [0.29, 0.717) is 36.3 Å². The third-order valence-corrected chi connectivity index (χ3v) is 19.6. The Bertz CT molecular complexity index is 2500. The van der Waals surface area contributed by atoms with Crippen molar-refractivity contribution in [2.24, 2.45) is 11.8 Å². The van der Waals surface area contributed by atoms with Crippen molar-refractivity contribution in [3.05, 3.63) is 52.9 Å². The summed E-state index contributed by atoms with van der Waals surface area (Å²) in [5.74, 6) is 0.913. The molecule has 9 nitrogen and oxygen atoms in total. The zero-order valence-corrected chi connectivity index (χ0v) is 36.8. The van der Waals surface area contributed by atoms with E-state index >= 15 is 8.78 Å². The highest BCUT2D eigenvalue weighted by atomic mass is 32.2. The van der Waals surface area contributed by atoms with Gasteiger partial charge in [0, 0.05) is 35.3 Å². The Morgan fingerprint density at radius 1 is 0.966 bits per heavy atom. The van der Waals surface area contributed by atoms with Gasteiger partial charge in [0.1, 0.15) is 36.5 Å². The molecular weight excluding hydrogens is 808 g/mol. The summed E-state index contributed by atoms with van der Waals surface area (Å²) in [5, 5.41) is 5.71. The minimum atomic E-state index is -6.14. The van der Waals surface area contributed by atoms with Crippen molar-refractivity contribution in [3.8, 4) is 28.5 Å². The first-order chi connectivity index (χ1) is 27.4. The van der Waals surface area contributed by atoms with Crippen LogP contribution in [-0.2, 0) is 21.3 Å². The summed E-state index contributed by atoms with van der Waals surface area (Å²) in [4.78, 5) is 19.4. The fourth-order valence-electron chi connectivity index (χ4n) is 9.51. The van der Waals surface area contributed by atoms with E-state index in [0.717, 1.165) is 31.0 Å². The number of benzene rings is 2. The minimum Gasteiger partial charge on any atom is -0.444 e. The number of nitrogens with zero attached hydrogens (tertiary/aromatic N) is 4. The topological polar surface area (TPSA) is 104 Å². The summed E-state index contributed by atoms with van der Waals surface area (Å²) in [5.41, 5.74) is -1.64. The van der Waals surface area contributed by atoms with Gasteiger partial charge in [0.2, 0.25) is 0 Å². The van der Waals surface area contributed by atoms with E-state index in [9.17, 15) is 26.4 Å². The minimum absolute atomic E-state index is 0.0675. The number of alkyl halides is 3. The molecule has 1 amide bonds. The molecule has 0 bridgehead atoms. The van der Waals surface area contributed by atoms with Crippen molar-refractivity contribution < 1.29 is 44.1 Å². The first kappa shape index (κ1) is 42.9. The van der Waals surface area contributed by atoms with Gasteiger partial charge in [0.05, 0.1) is 23.0 Å². The van der Waals surface area contributed by atoms with Crippen LogP contribution in [0.1, 0.15) is 111 Å². The number of likely N-dealkylation sites (tertiary alicyclic amines) is 1. The van der Waals surface area contributed by atoms with E-state index in [1.807, 2.05) is 27.7 Å². The summed E-state index contributed by atoms with van der Waals surface area (Å²) in [6.45, 7) is 20.8. The SMILES string of the molecule is CCc1nc(-c2cc(OS(=O)(=O)C(F)(F)F)cc3ccc(F)c(C#C[Si](C(C)C)(C(C)C)C(C)C)c23)c(F)c2c1c(C1[C@H]3CN(C(=O)OC(C)(C)C)C[C@@H]13)nn2C1CC1. The number of carbonyl (C=O) groups is 1. The smallest absolute Gasteiger partial charge is 0.444 e. The Balaban J connectivity index is 1.45. The molecule has 3 fully saturated rings. The molecule has 1 unspecified atom stereocenters. The Labute approximate surface area is 343 Å². The second-order valence-corrected chi connectivity index (χ2v) is 25.3. The summed E-state index contributed by atoms with van der Waals surface area (Å²) < 4.78 is 111. The summed E-state index contributed by atoms with van der Waals surface area (Å²) in [6.07, 6.45) is 1.41. The lowest BCUT2D eigenvalue weighted by Gasteiger charge is -2.38. The van der Waals surface area contributed by atoms with Crippen molar-refractivity contribution in [1.29, 1.82) is 0 Å². The molecule has 7 rings (SSSR count). The lowest BCUT2D eigenvalue weighted by molar-refractivity contribution is -0.0500. The normalized spacial score (nSPS) is 19.8. The highest BCUT2D eigenvalue weighted by molar-refractivity contribution is 7.88. The highest BCUT2D eigenvalue weighted by Crippen LogP contribution is 2.60. The van der Waals surface area contributed by atoms with E-state index in [-0.39, 0.29) is 73.5 Å². The van der Waals surface area contributed by atoms with E-state index in [1.54, 1.807) is 9.58 Å². The highest BCUT2D eigenvalue weighted by Gasteiger charge is 2.60. The van der Waals surface area contributed by atoms with Crippen LogP contribution < -0.4 is 4.18 Å². The van der Waals surface area contributed by atoms with Crippen LogP contribution in [0.25, 0.3) is 32.9 Å². The number of hydrogen-bond acceptors (Lipinski definition) is 7. The molecule has 3 atom stereocenters. The van der Waals surface area contributed by atoms with Crippen molar-refractivity contribution >= 4 is 46.0 Å². The summed E-state index contributed by atoms with van der Waals surface area (Å²) >= 11 is 0. The number of rotatable bonds is 9. The van der Waals surface area contributed by atoms with Gasteiger partial charge in [0.25, 0.3) is 0 Å². The van der Waals surface area contributed by atoms with Crippen LogP contribution in [0.15, 0.2) is 24.3 Å². The van der Waals surface area contributed by atoms with Gasteiger partial charge in [-0.2, -0.15) is 26.7 Å². The Hall–Kier alpha value is -4.23. The molecule has 1 aliphatic heterocycles. The maximum atomic E-state index is 17.7. The number of halogens is 5. The second-order valence-electron chi connectivity index (χ2n) is 18.2. The van der Waals surface area contributed by atoms with Gasteiger partial charge >= 0.3 is 21.7 Å². The third-order valence-electron chi connectivity index (χ3n) is 12.3. The van der Waals surface area contributed by atoms with Crippen molar-refractivity contribution in [1.82, 2.24) is 19.7 Å². The van der Waals surface area contributed by atoms with Crippen molar-refractivity contribution in [2.45, 2.75) is 128 Å². The molecule has 59 heavy (non-hydrogen) atoms. The molecule has 0 radical (unpaired) electrons. The zero-order valence-electron chi connectivity index (χ0n) is 35.0. The third kappa shape index (κ3) is 7.48. The van der Waals surface area contributed by atoms with Gasteiger partial charge in [-0.1, -0.05) is 60.5 Å². The number of aryl methyl sites for hydroxylation is 1. The van der Waals surface area contributed by atoms with E-state index in [2.05, 4.69) is 57.2 Å². The van der Waals surface area contributed by atoms with Gasteiger partial charge in [-0.05, 0) is 92.1 Å². The molecule has 3 aliphatic rings. The number of pyridine rings is 1. The van der Waals surface area contributed by atoms with Gasteiger partial charge < -0.3 is 13.8 Å². The Morgan fingerprint density at radius 3 is 2.10 bits per heavy atom. The number of ether oxygens (including phenoxy) is 1. The van der Waals surface area contributed by atoms with Crippen LogP contribution >= 0.6 is 0 Å². The van der Waals surface area contributed by atoms with Crippen LogP contribution in [0.3, 0.4) is 0 Å². The molecule has 16 heteroatoms. The molecular formula is C43H51F5N4O5SSi. The number of hydrogen-bond donors (Lipinski definition) is 0. The molecule has 2 saturated carbocycles. The summed E-state index contributed by atoms with van der Waals surface area (Å²) in [6, 6.07) is 4.31. The Morgan fingerprint density at radius 2 is 1.58 bits per heavy atom. The standard InChI is InChI=1S/C43H51F5N4O5SSi/c1-11-33-36-39(35-30-20-51(21-31(30)35)41(53)56-42(8,9)10)50-52(26-13-14-26)40(36)37(45)38(49-33)29-19-27(57-58(54,55)43(46,47)48)18-25-12-15-32(44)28(34(25)29)16-17-59(22(2)3,23(4)5)24(6)7/h12,15,18-19,22-24,26,30-31,35H,11,13-14,20-21H2,1-10H3/t30-,31+,35?. The largest absolute Gasteiger partial charge is 0.534 e. The molecule has 2 aliphatic carbocycles. The lowest BCUT2D eigenvalue weighted by atomic mass is 9.95. The van der Waals surface area contributed by atoms with Gasteiger partial charge in [-0.3, -0.25) is 4.68 Å². The van der Waals surface area contributed by atoms with E-state index in [4.69, 9.17) is 14.8 Å². The maximum absolute atomic E-state index is 17.7. The fraction of sp³-hybridized carbons (Fsp3) is 0.558. The van der Waals surface area contributed by atoms with Gasteiger partial charge in [-0.25, -0.2) is 18.6 Å². The molecule has 2 aromatic heterocycles. The van der Waals surface area contributed by atoms with Crippen LogP contribution in [0.5, 0.6) is 5.75 Å². The van der Waals surface area contributed by atoms with Crippen molar-refractivity contribution in [2.75, 3.05) is 13.1 Å². The second kappa shape index (κ2) is 14.7.